The number of hydrogen-bond donors (Lipinski definition) is 0. The first-order valence-corrected chi connectivity index (χ1v) is 24.2. The van der Waals surface area contributed by atoms with Gasteiger partial charge in [-0.25, -0.2) is 9.97 Å². The van der Waals surface area contributed by atoms with E-state index in [0.717, 1.165) is 88.3 Å². The second-order valence-electron chi connectivity index (χ2n) is 17.2. The third kappa shape index (κ3) is 6.89. The predicted molar refractivity (Wildman–Crippen MR) is 291 cm³/mol. The van der Waals surface area contributed by atoms with E-state index in [9.17, 15) is 0 Å². The van der Waals surface area contributed by atoms with Crippen LogP contribution in [-0.2, 0) is 0 Å². The summed E-state index contributed by atoms with van der Waals surface area (Å²) < 4.78 is 7.20. The number of anilines is 3. The molecular weight excluding hydrogens is 867 g/mol. The van der Waals surface area contributed by atoms with E-state index in [0.29, 0.717) is 0 Å². The van der Waals surface area contributed by atoms with Crippen LogP contribution in [0.2, 0.25) is 0 Å². The molecule has 0 saturated carbocycles. The number of aryl methyl sites for hydroxylation is 2. The SMILES string of the molecule is C.Cc1ccc(N(c2ccc(C)cc2)c2ccc(-n3c(-c4ccc(-n5c6ccccc6c6cc(-c7nc8ccccc8s7)ccc65)cc4)c(-c4nc5ccccc5s4)c4ccccc43)cc2)cc1. The van der Waals surface area contributed by atoms with Gasteiger partial charge in [0.25, 0.3) is 0 Å². The van der Waals surface area contributed by atoms with Crippen LogP contribution in [0.3, 0.4) is 0 Å². The van der Waals surface area contributed by atoms with E-state index >= 15 is 0 Å². The number of benzene rings is 9. The Labute approximate surface area is 403 Å². The summed E-state index contributed by atoms with van der Waals surface area (Å²) in [5.74, 6) is 0. The molecule has 0 bridgehead atoms. The number of rotatable bonds is 8. The topological polar surface area (TPSA) is 38.9 Å². The van der Waals surface area contributed by atoms with Gasteiger partial charge >= 0.3 is 0 Å². The summed E-state index contributed by atoms with van der Waals surface area (Å²) in [4.78, 5) is 12.6. The fraction of sp³-hybridized carbons (Fsp3) is 0.0492. The predicted octanol–water partition coefficient (Wildman–Crippen LogP) is 17.7. The van der Waals surface area contributed by atoms with Crippen LogP contribution in [0.25, 0.3) is 96.9 Å². The van der Waals surface area contributed by atoms with Crippen LogP contribution in [0.15, 0.2) is 212 Å². The van der Waals surface area contributed by atoms with Crippen molar-refractivity contribution in [2.75, 3.05) is 4.90 Å². The summed E-state index contributed by atoms with van der Waals surface area (Å²) >= 11 is 3.49. The lowest BCUT2D eigenvalue weighted by Gasteiger charge is -2.26. The Hall–Kier alpha value is -8.10. The maximum absolute atomic E-state index is 5.30. The highest BCUT2D eigenvalue weighted by atomic mass is 32.1. The van der Waals surface area contributed by atoms with E-state index < -0.39 is 0 Å². The number of aromatic nitrogens is 4. The van der Waals surface area contributed by atoms with Gasteiger partial charge in [0, 0.05) is 55.7 Å². The molecule has 5 nitrogen and oxygen atoms in total. The zero-order valence-electron chi connectivity index (χ0n) is 36.8. The van der Waals surface area contributed by atoms with Gasteiger partial charge in [-0.2, -0.15) is 0 Å². The van der Waals surface area contributed by atoms with E-state index in [2.05, 4.69) is 240 Å². The van der Waals surface area contributed by atoms with Crippen molar-refractivity contribution in [3.63, 3.8) is 0 Å². The van der Waals surface area contributed by atoms with Crippen molar-refractivity contribution in [3.8, 4) is 43.8 Å². The lowest BCUT2D eigenvalue weighted by molar-refractivity contribution is 1.13. The molecule has 0 N–H and O–H groups in total. The minimum Gasteiger partial charge on any atom is -0.311 e. The van der Waals surface area contributed by atoms with Crippen molar-refractivity contribution in [2.24, 2.45) is 0 Å². The van der Waals surface area contributed by atoms with Gasteiger partial charge in [0.2, 0.25) is 0 Å². The highest BCUT2D eigenvalue weighted by Crippen LogP contribution is 2.46. The van der Waals surface area contributed by atoms with Crippen LogP contribution in [-0.4, -0.2) is 19.1 Å². The molecular formula is C61H45N5S2. The highest BCUT2D eigenvalue weighted by Gasteiger charge is 2.25. The highest BCUT2D eigenvalue weighted by molar-refractivity contribution is 7.22. The van der Waals surface area contributed by atoms with Crippen molar-refractivity contribution < 1.29 is 0 Å². The van der Waals surface area contributed by atoms with Crippen molar-refractivity contribution >= 4 is 92.9 Å². The maximum atomic E-state index is 5.30. The van der Waals surface area contributed by atoms with Gasteiger partial charge in [0.05, 0.1) is 42.7 Å². The summed E-state index contributed by atoms with van der Waals surface area (Å²) in [7, 11) is 0. The molecule has 0 radical (unpaired) electrons. The molecule has 0 aliphatic heterocycles. The molecule has 13 aromatic rings. The summed E-state index contributed by atoms with van der Waals surface area (Å²) in [6.07, 6.45) is 0. The van der Waals surface area contributed by atoms with Crippen LogP contribution >= 0.6 is 22.7 Å². The van der Waals surface area contributed by atoms with Gasteiger partial charge in [-0.3, -0.25) is 0 Å². The monoisotopic (exact) mass is 911 g/mol. The van der Waals surface area contributed by atoms with Gasteiger partial charge in [0.15, 0.2) is 0 Å². The standard InChI is InChI=1S/C60H41N5S2.CH4/c1-38-19-26-42(27-20-38)63(43-28-21-39(2)22-29-43)44-32-34-46(35-33-44)65-53-16-8-4-12-48(53)57(60-62-51-14-6-10-18-56(51)67-60)58(65)40-23-30-45(31-24-40)64-52-15-7-3-11-47(52)49-37-41(25-36-54(49)64)59-61-50-13-5-9-17-55(50)66-59;/h3-37H,1-2H3;1H4. The fourth-order valence-electron chi connectivity index (χ4n) is 9.71. The molecule has 0 unspecified atom stereocenters. The molecule has 7 heteroatoms. The largest absolute Gasteiger partial charge is 0.311 e. The lowest BCUT2D eigenvalue weighted by atomic mass is 10.0. The quantitative estimate of drug-likeness (QED) is 0.152. The molecule has 0 fully saturated rings. The second-order valence-corrected chi connectivity index (χ2v) is 19.3. The third-order valence-corrected chi connectivity index (χ3v) is 15.1. The third-order valence-electron chi connectivity index (χ3n) is 12.9. The van der Waals surface area contributed by atoms with Gasteiger partial charge in [0.1, 0.15) is 10.0 Å². The van der Waals surface area contributed by atoms with E-state index in [1.54, 1.807) is 22.7 Å². The maximum Gasteiger partial charge on any atom is 0.127 e. The molecule has 0 amide bonds. The van der Waals surface area contributed by atoms with Crippen molar-refractivity contribution in [2.45, 2.75) is 21.3 Å². The van der Waals surface area contributed by atoms with Crippen molar-refractivity contribution in [3.05, 3.63) is 223 Å². The van der Waals surface area contributed by atoms with Gasteiger partial charge in [-0.15, -0.1) is 22.7 Å². The Balaban J connectivity index is 0.00000480. The first-order chi connectivity index (χ1) is 33.0. The Morgan fingerprint density at radius 2 is 0.853 bits per heavy atom. The molecule has 4 aromatic heterocycles. The molecule has 326 valence electrons. The number of thiazole rings is 2. The lowest BCUT2D eigenvalue weighted by Crippen LogP contribution is -2.10. The first-order valence-electron chi connectivity index (χ1n) is 22.6. The summed E-state index contributed by atoms with van der Waals surface area (Å²) in [5, 5.41) is 5.63. The van der Waals surface area contributed by atoms with Gasteiger partial charge in [-0.05, 0) is 135 Å². The number of nitrogens with zero attached hydrogens (tertiary/aromatic N) is 5. The minimum absolute atomic E-state index is 0. The smallest absolute Gasteiger partial charge is 0.127 e. The van der Waals surface area contributed by atoms with E-state index in [4.69, 9.17) is 9.97 Å². The van der Waals surface area contributed by atoms with Gasteiger partial charge < -0.3 is 14.0 Å². The fourth-order valence-corrected chi connectivity index (χ4v) is 11.7. The Morgan fingerprint density at radius 1 is 0.397 bits per heavy atom. The minimum atomic E-state index is 0. The van der Waals surface area contributed by atoms with Crippen LogP contribution in [0, 0.1) is 13.8 Å². The molecule has 0 saturated heterocycles. The number of fused-ring (bicyclic) bond motifs is 6. The van der Waals surface area contributed by atoms with Crippen molar-refractivity contribution in [1.82, 2.24) is 19.1 Å². The second kappa shape index (κ2) is 16.7. The average molecular weight is 912 g/mol. The van der Waals surface area contributed by atoms with Crippen LogP contribution < -0.4 is 4.90 Å². The Kier molecular flexibility index (Phi) is 10.1. The Bertz CT molecular complexity index is 3870. The van der Waals surface area contributed by atoms with E-state index in [1.807, 2.05) is 0 Å². The zero-order valence-corrected chi connectivity index (χ0v) is 38.4. The summed E-state index contributed by atoms with van der Waals surface area (Å²) in [6, 6.07) is 76.8. The average Bonchev–Trinajstić information content (AvgIpc) is 4.16. The molecule has 0 spiro atoms. The van der Waals surface area contributed by atoms with Crippen LogP contribution in [0.1, 0.15) is 18.6 Å². The Morgan fingerprint density at radius 3 is 1.47 bits per heavy atom. The first kappa shape index (κ1) is 41.3. The molecule has 9 aromatic carbocycles. The molecule has 0 atom stereocenters. The summed E-state index contributed by atoms with van der Waals surface area (Å²) in [5.41, 5.74) is 17.9. The normalized spacial score (nSPS) is 11.6. The molecule has 68 heavy (non-hydrogen) atoms. The van der Waals surface area contributed by atoms with E-state index in [-0.39, 0.29) is 7.43 Å². The number of hydrogen-bond acceptors (Lipinski definition) is 5. The van der Waals surface area contributed by atoms with Crippen molar-refractivity contribution in [1.29, 1.82) is 0 Å². The molecule has 0 aliphatic rings. The number of para-hydroxylation sites is 4. The van der Waals surface area contributed by atoms with Crippen LogP contribution in [0.5, 0.6) is 0 Å². The zero-order chi connectivity index (χ0) is 44.6. The molecule has 4 heterocycles. The summed E-state index contributed by atoms with van der Waals surface area (Å²) in [6.45, 7) is 4.27. The van der Waals surface area contributed by atoms with Crippen LogP contribution in [0.4, 0.5) is 17.1 Å². The van der Waals surface area contributed by atoms with Gasteiger partial charge in [-0.1, -0.05) is 116 Å². The molecule has 0 aliphatic carbocycles. The van der Waals surface area contributed by atoms with E-state index in [1.165, 1.54) is 36.8 Å². The molecule has 13 rings (SSSR count).